The van der Waals surface area contributed by atoms with Crippen molar-refractivity contribution in [2.45, 2.75) is 32.1 Å². The minimum absolute atomic E-state index is 0.119. The van der Waals surface area contributed by atoms with E-state index in [1.807, 2.05) is 0 Å². The Morgan fingerprint density at radius 2 is 1.32 bits per heavy atom. The normalized spacial score (nSPS) is 13.9. The predicted octanol–water partition coefficient (Wildman–Crippen LogP) is 5.61. The van der Waals surface area contributed by atoms with E-state index in [0.29, 0.717) is 23.9 Å². The summed E-state index contributed by atoms with van der Waals surface area (Å²) in [4.78, 5) is 13.0. The van der Waals surface area contributed by atoms with Crippen LogP contribution in [0, 0.1) is 17.6 Å². The van der Waals surface area contributed by atoms with E-state index in [4.69, 9.17) is 14.2 Å². The second kappa shape index (κ2) is 11.0. The molecule has 3 aromatic rings. The minimum Gasteiger partial charge on any atom is -0.494 e. The molecule has 0 aliphatic heterocycles. The Bertz CT molecular complexity index is 1050. The molecule has 0 saturated heterocycles. The maximum absolute atomic E-state index is 14.1. The van der Waals surface area contributed by atoms with Crippen LogP contribution in [0.25, 0.3) is 0 Å². The van der Waals surface area contributed by atoms with E-state index < -0.39 is 11.6 Å². The SMILES string of the molecule is COc1ccc(Nc2nc(Nc3ccc(OC)c(F)c3)nc(OCC3CCCCC3)n2)cc1F. The van der Waals surface area contributed by atoms with Gasteiger partial charge in [0.2, 0.25) is 11.9 Å². The molecule has 2 N–H and O–H groups in total. The van der Waals surface area contributed by atoms with Crippen LogP contribution >= 0.6 is 0 Å². The fraction of sp³-hybridized carbons (Fsp3) is 0.375. The smallest absolute Gasteiger partial charge is 0.323 e. The van der Waals surface area contributed by atoms with E-state index in [1.165, 1.54) is 57.7 Å². The highest BCUT2D eigenvalue weighted by Gasteiger charge is 2.16. The molecule has 1 fully saturated rings. The van der Waals surface area contributed by atoms with Gasteiger partial charge in [-0.25, -0.2) is 8.78 Å². The first-order valence-electron chi connectivity index (χ1n) is 11.1. The van der Waals surface area contributed by atoms with Crippen molar-refractivity contribution in [3.63, 3.8) is 0 Å². The molecule has 0 spiro atoms. The van der Waals surface area contributed by atoms with Crippen molar-refractivity contribution in [1.29, 1.82) is 0 Å². The van der Waals surface area contributed by atoms with Crippen LogP contribution in [0.5, 0.6) is 17.5 Å². The molecule has 0 radical (unpaired) electrons. The molecule has 1 saturated carbocycles. The first-order valence-corrected chi connectivity index (χ1v) is 11.1. The predicted molar refractivity (Wildman–Crippen MR) is 124 cm³/mol. The summed E-state index contributed by atoms with van der Waals surface area (Å²) in [6.07, 6.45) is 5.85. The number of ether oxygens (including phenoxy) is 3. The molecule has 1 aliphatic carbocycles. The van der Waals surface area contributed by atoms with Crippen LogP contribution in [0.3, 0.4) is 0 Å². The summed E-state index contributed by atoms with van der Waals surface area (Å²) in [7, 11) is 2.79. The molecular formula is C24H27F2N5O3. The van der Waals surface area contributed by atoms with Gasteiger partial charge in [-0.05, 0) is 43.0 Å². The van der Waals surface area contributed by atoms with Crippen molar-refractivity contribution in [1.82, 2.24) is 15.0 Å². The molecule has 0 unspecified atom stereocenters. The van der Waals surface area contributed by atoms with Gasteiger partial charge in [0.1, 0.15) is 0 Å². The van der Waals surface area contributed by atoms with Gasteiger partial charge in [0, 0.05) is 23.5 Å². The third-order valence-electron chi connectivity index (χ3n) is 5.60. The zero-order valence-electron chi connectivity index (χ0n) is 19.1. The number of nitrogens with one attached hydrogen (secondary N) is 2. The summed E-state index contributed by atoms with van der Waals surface area (Å²) >= 11 is 0. The molecule has 2 aromatic carbocycles. The molecule has 34 heavy (non-hydrogen) atoms. The molecule has 0 bridgehead atoms. The maximum atomic E-state index is 14.1. The van der Waals surface area contributed by atoms with Crippen molar-refractivity contribution in [3.8, 4) is 17.5 Å². The lowest BCUT2D eigenvalue weighted by Crippen LogP contribution is -2.17. The minimum atomic E-state index is -0.526. The van der Waals surface area contributed by atoms with Crippen molar-refractivity contribution >= 4 is 23.3 Å². The number of nitrogens with zero attached hydrogens (tertiary/aromatic N) is 3. The Labute approximate surface area is 196 Å². The fourth-order valence-corrected chi connectivity index (χ4v) is 3.83. The van der Waals surface area contributed by atoms with Crippen LogP contribution in [0.1, 0.15) is 32.1 Å². The number of aromatic nitrogens is 3. The second-order valence-corrected chi connectivity index (χ2v) is 8.03. The summed E-state index contributed by atoms with van der Waals surface area (Å²) in [5.41, 5.74) is 0.841. The molecule has 0 amide bonds. The lowest BCUT2D eigenvalue weighted by Gasteiger charge is -2.21. The zero-order valence-corrected chi connectivity index (χ0v) is 19.1. The highest BCUT2D eigenvalue weighted by molar-refractivity contribution is 5.59. The summed E-state index contributed by atoms with van der Waals surface area (Å²) in [6.45, 7) is 0.497. The van der Waals surface area contributed by atoms with Gasteiger partial charge in [-0.15, -0.1) is 0 Å². The first kappa shape index (κ1) is 23.5. The van der Waals surface area contributed by atoms with Gasteiger partial charge in [0.15, 0.2) is 23.1 Å². The van der Waals surface area contributed by atoms with Crippen LogP contribution in [0.2, 0.25) is 0 Å². The van der Waals surface area contributed by atoms with Crippen LogP contribution in [-0.2, 0) is 0 Å². The van der Waals surface area contributed by atoms with E-state index in [2.05, 4.69) is 25.6 Å². The lowest BCUT2D eigenvalue weighted by molar-refractivity contribution is 0.196. The van der Waals surface area contributed by atoms with Crippen molar-refractivity contribution in [2.75, 3.05) is 31.5 Å². The second-order valence-electron chi connectivity index (χ2n) is 8.03. The zero-order chi connectivity index (χ0) is 23.9. The van der Waals surface area contributed by atoms with Crippen LogP contribution in [0.15, 0.2) is 36.4 Å². The highest BCUT2D eigenvalue weighted by atomic mass is 19.1. The third-order valence-corrected chi connectivity index (χ3v) is 5.60. The fourth-order valence-electron chi connectivity index (χ4n) is 3.83. The third kappa shape index (κ3) is 6.00. The van der Waals surface area contributed by atoms with E-state index in [9.17, 15) is 8.78 Å². The Morgan fingerprint density at radius 3 is 1.79 bits per heavy atom. The van der Waals surface area contributed by atoms with Gasteiger partial charge in [0.25, 0.3) is 0 Å². The number of benzene rings is 2. The first-order chi connectivity index (χ1) is 16.5. The van der Waals surface area contributed by atoms with Crippen molar-refractivity contribution in [2.24, 2.45) is 5.92 Å². The quantitative estimate of drug-likeness (QED) is 0.416. The molecule has 10 heteroatoms. The number of hydrogen-bond donors (Lipinski definition) is 2. The topological polar surface area (TPSA) is 90.4 Å². The van der Waals surface area contributed by atoms with Gasteiger partial charge < -0.3 is 24.8 Å². The van der Waals surface area contributed by atoms with E-state index in [0.717, 1.165) is 12.8 Å². The number of halogens is 2. The standard InChI is InChI=1S/C24H27F2N5O3/c1-32-20-10-8-16(12-18(20)25)27-22-29-23(28-17-9-11-21(33-2)19(26)13-17)31-24(30-22)34-14-15-6-4-3-5-7-15/h8-13,15H,3-7,14H2,1-2H3,(H2,27,28,29,30,31). The Morgan fingerprint density at radius 1 is 0.794 bits per heavy atom. The van der Waals surface area contributed by atoms with E-state index in [-0.39, 0.29) is 29.4 Å². The maximum Gasteiger partial charge on any atom is 0.323 e. The number of methoxy groups -OCH3 is 2. The summed E-state index contributed by atoms with van der Waals surface area (Å²) in [5.74, 6) is -0.0537. The average Bonchev–Trinajstić information content (AvgIpc) is 2.84. The number of anilines is 4. The number of hydrogen-bond acceptors (Lipinski definition) is 8. The Hall–Kier alpha value is -3.69. The Balaban J connectivity index is 1.57. The van der Waals surface area contributed by atoms with Gasteiger partial charge in [0.05, 0.1) is 20.8 Å². The van der Waals surface area contributed by atoms with Gasteiger partial charge in [-0.2, -0.15) is 15.0 Å². The summed E-state index contributed by atoms with van der Waals surface area (Å²) in [6, 6.07) is 8.94. The summed E-state index contributed by atoms with van der Waals surface area (Å²) in [5, 5.41) is 5.92. The largest absolute Gasteiger partial charge is 0.494 e. The van der Waals surface area contributed by atoms with Gasteiger partial charge in [-0.1, -0.05) is 19.3 Å². The van der Waals surface area contributed by atoms with Gasteiger partial charge >= 0.3 is 6.01 Å². The van der Waals surface area contributed by atoms with E-state index in [1.54, 1.807) is 12.1 Å². The molecule has 1 aliphatic rings. The molecule has 1 heterocycles. The van der Waals surface area contributed by atoms with Crippen molar-refractivity contribution in [3.05, 3.63) is 48.0 Å². The average molecular weight is 472 g/mol. The van der Waals surface area contributed by atoms with Crippen LogP contribution in [-0.4, -0.2) is 35.8 Å². The van der Waals surface area contributed by atoms with Crippen LogP contribution < -0.4 is 24.8 Å². The molecule has 1 aromatic heterocycles. The lowest BCUT2D eigenvalue weighted by atomic mass is 9.90. The van der Waals surface area contributed by atoms with Crippen molar-refractivity contribution < 1.29 is 23.0 Å². The van der Waals surface area contributed by atoms with Crippen LogP contribution in [0.4, 0.5) is 32.1 Å². The molecular weight excluding hydrogens is 444 g/mol. The van der Waals surface area contributed by atoms with E-state index >= 15 is 0 Å². The number of rotatable bonds is 9. The molecule has 8 nitrogen and oxygen atoms in total. The monoisotopic (exact) mass is 471 g/mol. The van der Waals surface area contributed by atoms with Gasteiger partial charge in [-0.3, -0.25) is 0 Å². The Kier molecular flexibility index (Phi) is 7.56. The summed E-state index contributed by atoms with van der Waals surface area (Å²) < 4.78 is 44.1. The molecule has 180 valence electrons. The molecule has 4 rings (SSSR count). The molecule has 0 atom stereocenters. The highest BCUT2D eigenvalue weighted by Crippen LogP contribution is 2.27.